The van der Waals surface area contributed by atoms with Gasteiger partial charge < -0.3 is 15.2 Å². The molecule has 8 heteroatoms. The maximum absolute atomic E-state index is 13.3. The van der Waals surface area contributed by atoms with E-state index in [4.69, 9.17) is 6.42 Å². The predicted octanol–water partition coefficient (Wildman–Crippen LogP) is 2.10. The molecule has 0 bridgehead atoms. The van der Waals surface area contributed by atoms with Crippen LogP contribution in [0.25, 0.3) is 0 Å². The van der Waals surface area contributed by atoms with Crippen LogP contribution < -0.4 is 10.6 Å². The minimum atomic E-state index is -1.10. The highest BCUT2D eigenvalue weighted by molar-refractivity contribution is 6.43. The number of halogens is 2. The first kappa shape index (κ1) is 19.8. The highest BCUT2D eigenvalue weighted by atomic mass is 19.2. The smallest absolute Gasteiger partial charge is 0.293 e. The number of aromatic nitrogens is 1. The second-order valence-corrected chi connectivity index (χ2v) is 5.79. The summed E-state index contributed by atoms with van der Waals surface area (Å²) in [7, 11) is 1.55. The number of hydrogen-bond donors (Lipinski definition) is 2. The Bertz CT molecular complexity index is 987. The van der Waals surface area contributed by atoms with Crippen molar-refractivity contribution < 1.29 is 23.2 Å². The van der Waals surface area contributed by atoms with Crippen molar-refractivity contribution in [3.63, 3.8) is 0 Å². The van der Waals surface area contributed by atoms with Gasteiger partial charge in [-0.1, -0.05) is 5.92 Å². The molecular formula is C19H17F2N3O3. The molecule has 2 aromatic rings. The van der Waals surface area contributed by atoms with E-state index in [1.807, 2.05) is 0 Å². The average molecular weight is 373 g/mol. The Labute approximate surface area is 154 Å². The average Bonchev–Trinajstić information content (AvgIpc) is 2.84. The van der Waals surface area contributed by atoms with E-state index in [0.717, 1.165) is 12.1 Å². The molecule has 0 unspecified atom stereocenters. The summed E-state index contributed by atoms with van der Waals surface area (Å²) >= 11 is 0. The van der Waals surface area contributed by atoms with Crippen molar-refractivity contribution in [2.24, 2.45) is 7.05 Å². The fourth-order valence-corrected chi connectivity index (χ4v) is 2.72. The van der Waals surface area contributed by atoms with Crippen molar-refractivity contribution in [2.75, 3.05) is 11.9 Å². The van der Waals surface area contributed by atoms with E-state index in [-0.39, 0.29) is 29.1 Å². The molecule has 27 heavy (non-hydrogen) atoms. The summed E-state index contributed by atoms with van der Waals surface area (Å²) in [5.74, 6) is -2.27. The zero-order chi connectivity index (χ0) is 20.3. The fraction of sp³-hybridized carbons (Fsp3) is 0.211. The first-order valence-electron chi connectivity index (χ1n) is 7.87. The summed E-state index contributed by atoms with van der Waals surface area (Å²) in [5.41, 5.74) is 0.948. The van der Waals surface area contributed by atoms with Crippen molar-refractivity contribution >= 4 is 23.3 Å². The largest absolute Gasteiger partial charge is 0.343 e. The number of nitrogens with zero attached hydrogens (tertiary/aromatic N) is 1. The second-order valence-electron chi connectivity index (χ2n) is 5.79. The molecule has 140 valence electrons. The monoisotopic (exact) mass is 373 g/mol. The lowest BCUT2D eigenvalue weighted by atomic mass is 10.0. The van der Waals surface area contributed by atoms with Crippen LogP contribution in [-0.2, 0) is 11.8 Å². The van der Waals surface area contributed by atoms with Gasteiger partial charge in [0.15, 0.2) is 11.6 Å². The Morgan fingerprint density at radius 2 is 1.85 bits per heavy atom. The lowest BCUT2D eigenvalue weighted by Gasteiger charge is -2.08. The summed E-state index contributed by atoms with van der Waals surface area (Å²) in [6, 6.07) is 2.94. The SMILES string of the molecule is C#CCNC(=O)C(=O)c1c(C)c(C(=O)Nc2ccc(F)c(F)c2)n(C)c1C. The van der Waals surface area contributed by atoms with Gasteiger partial charge in [-0.3, -0.25) is 14.4 Å². The Kier molecular flexibility index (Phi) is 5.75. The van der Waals surface area contributed by atoms with Gasteiger partial charge in [-0.25, -0.2) is 8.78 Å². The number of carbonyl (C=O) groups is 3. The van der Waals surface area contributed by atoms with Crippen LogP contribution in [0.4, 0.5) is 14.5 Å². The molecule has 0 atom stereocenters. The highest BCUT2D eigenvalue weighted by Gasteiger charge is 2.28. The Morgan fingerprint density at radius 3 is 2.44 bits per heavy atom. The molecule has 1 heterocycles. The van der Waals surface area contributed by atoms with Gasteiger partial charge in [0.2, 0.25) is 0 Å². The summed E-state index contributed by atoms with van der Waals surface area (Å²) in [4.78, 5) is 36.9. The summed E-state index contributed by atoms with van der Waals surface area (Å²) in [6.45, 7) is 3.01. The highest BCUT2D eigenvalue weighted by Crippen LogP contribution is 2.23. The number of terminal acetylenes is 1. The molecule has 0 saturated carbocycles. The molecule has 2 N–H and O–H groups in total. The van der Waals surface area contributed by atoms with Gasteiger partial charge in [0.25, 0.3) is 17.6 Å². The van der Waals surface area contributed by atoms with Crippen LogP contribution in [0.5, 0.6) is 0 Å². The third kappa shape index (κ3) is 3.87. The maximum Gasteiger partial charge on any atom is 0.293 e. The quantitative estimate of drug-likeness (QED) is 0.479. The molecule has 2 amide bonds. The molecule has 0 fully saturated rings. The molecule has 0 radical (unpaired) electrons. The Morgan fingerprint density at radius 1 is 1.19 bits per heavy atom. The van der Waals surface area contributed by atoms with Gasteiger partial charge >= 0.3 is 0 Å². The molecule has 1 aromatic heterocycles. The van der Waals surface area contributed by atoms with Crippen LogP contribution in [0, 0.1) is 37.8 Å². The van der Waals surface area contributed by atoms with Gasteiger partial charge in [0, 0.05) is 24.5 Å². The topological polar surface area (TPSA) is 80.2 Å². The zero-order valence-electron chi connectivity index (χ0n) is 14.9. The molecular weight excluding hydrogens is 356 g/mol. The normalized spacial score (nSPS) is 10.2. The second kappa shape index (κ2) is 7.83. The van der Waals surface area contributed by atoms with Crippen LogP contribution in [0.15, 0.2) is 18.2 Å². The van der Waals surface area contributed by atoms with Crippen molar-refractivity contribution in [3.8, 4) is 12.3 Å². The number of anilines is 1. The fourth-order valence-electron chi connectivity index (χ4n) is 2.72. The zero-order valence-corrected chi connectivity index (χ0v) is 14.9. The van der Waals surface area contributed by atoms with E-state index in [0.29, 0.717) is 5.69 Å². The number of carbonyl (C=O) groups excluding carboxylic acids is 3. The first-order chi connectivity index (χ1) is 12.7. The number of ketones is 1. The van der Waals surface area contributed by atoms with E-state index in [2.05, 4.69) is 16.6 Å². The summed E-state index contributed by atoms with van der Waals surface area (Å²) in [6.07, 6.45) is 5.05. The van der Waals surface area contributed by atoms with Gasteiger partial charge in [-0.05, 0) is 31.5 Å². The first-order valence-corrected chi connectivity index (χ1v) is 7.87. The third-order valence-electron chi connectivity index (χ3n) is 4.11. The summed E-state index contributed by atoms with van der Waals surface area (Å²) < 4.78 is 27.8. The van der Waals surface area contributed by atoms with E-state index in [9.17, 15) is 23.2 Å². The number of benzene rings is 1. The van der Waals surface area contributed by atoms with Crippen LogP contribution in [0.1, 0.15) is 32.1 Å². The molecule has 0 aliphatic heterocycles. The maximum atomic E-state index is 13.3. The van der Waals surface area contributed by atoms with Gasteiger partial charge in [-0.15, -0.1) is 6.42 Å². The summed E-state index contributed by atoms with van der Waals surface area (Å²) in [5, 5.41) is 4.73. The van der Waals surface area contributed by atoms with Crippen molar-refractivity contribution in [3.05, 3.63) is 52.3 Å². The van der Waals surface area contributed by atoms with Crippen LogP contribution in [-0.4, -0.2) is 28.7 Å². The number of hydrogen-bond acceptors (Lipinski definition) is 3. The third-order valence-corrected chi connectivity index (χ3v) is 4.11. The molecule has 2 rings (SSSR count). The van der Waals surface area contributed by atoms with Gasteiger partial charge in [0.1, 0.15) is 5.69 Å². The lowest BCUT2D eigenvalue weighted by molar-refractivity contribution is -0.116. The number of nitrogens with one attached hydrogen (secondary N) is 2. The Hall–Kier alpha value is -3.47. The van der Waals surface area contributed by atoms with Crippen LogP contribution >= 0.6 is 0 Å². The van der Waals surface area contributed by atoms with Gasteiger partial charge in [-0.2, -0.15) is 0 Å². The van der Waals surface area contributed by atoms with E-state index in [1.54, 1.807) is 14.0 Å². The molecule has 0 spiro atoms. The number of rotatable bonds is 5. The molecule has 0 aliphatic carbocycles. The number of Topliss-reactive ketones (excluding diaryl/α,β-unsaturated/α-hetero) is 1. The van der Waals surface area contributed by atoms with Crippen molar-refractivity contribution in [2.45, 2.75) is 13.8 Å². The molecule has 0 aliphatic rings. The van der Waals surface area contributed by atoms with E-state index >= 15 is 0 Å². The molecule has 6 nitrogen and oxygen atoms in total. The molecule has 1 aromatic carbocycles. The van der Waals surface area contributed by atoms with E-state index < -0.39 is 29.2 Å². The van der Waals surface area contributed by atoms with E-state index in [1.165, 1.54) is 17.6 Å². The minimum absolute atomic E-state index is 0.0526. The van der Waals surface area contributed by atoms with Gasteiger partial charge in [0.05, 0.1) is 12.1 Å². The lowest BCUT2D eigenvalue weighted by Crippen LogP contribution is -2.31. The van der Waals surface area contributed by atoms with Crippen molar-refractivity contribution in [1.82, 2.24) is 9.88 Å². The van der Waals surface area contributed by atoms with Crippen LogP contribution in [0.3, 0.4) is 0 Å². The Balaban J connectivity index is 2.36. The minimum Gasteiger partial charge on any atom is -0.343 e. The number of amides is 2. The predicted molar refractivity (Wildman–Crippen MR) is 95.4 cm³/mol. The van der Waals surface area contributed by atoms with Crippen molar-refractivity contribution in [1.29, 1.82) is 0 Å². The standard InChI is InChI=1S/C19H17F2N3O3/c1-5-8-22-19(27)17(25)15-10(2)16(24(4)11(15)3)18(26)23-12-6-7-13(20)14(21)9-12/h1,6-7,9H,8H2,2-4H3,(H,22,27)(H,23,26). The van der Waals surface area contributed by atoms with Crippen LogP contribution in [0.2, 0.25) is 0 Å². The molecule has 0 saturated heterocycles.